The van der Waals surface area contributed by atoms with Crippen molar-refractivity contribution in [2.24, 2.45) is 0 Å². The molecule has 8 heteroatoms. The highest BCUT2D eigenvalue weighted by atomic mass is 16.4. The minimum Gasteiger partial charge on any atom is -0.473 e. The number of aliphatic carboxylic acids is 2. The zero-order valence-electron chi connectivity index (χ0n) is 13.9. The fourth-order valence-corrected chi connectivity index (χ4v) is 1.96. The molecule has 25 heavy (non-hydrogen) atoms. The van der Waals surface area contributed by atoms with Crippen molar-refractivity contribution in [2.75, 3.05) is 11.9 Å². The van der Waals surface area contributed by atoms with Crippen LogP contribution in [0.25, 0.3) is 0 Å². The van der Waals surface area contributed by atoms with Gasteiger partial charge < -0.3 is 25.3 Å². The number of carboxylic acid groups (broad SMARTS) is 2. The van der Waals surface area contributed by atoms with E-state index in [2.05, 4.69) is 16.7 Å². The largest absolute Gasteiger partial charge is 0.473 e. The predicted molar refractivity (Wildman–Crippen MR) is 90.2 cm³/mol. The first-order valence-corrected chi connectivity index (χ1v) is 7.35. The molecule has 0 spiro atoms. The van der Waals surface area contributed by atoms with E-state index in [0.29, 0.717) is 6.54 Å². The molecule has 2 aromatic rings. The molecule has 0 bridgehead atoms. The number of carboxylic acids is 2. The second kappa shape index (κ2) is 9.89. The fraction of sp³-hybridized carbons (Fsp3) is 0.235. The van der Waals surface area contributed by atoms with Gasteiger partial charge in [-0.25, -0.2) is 9.59 Å². The van der Waals surface area contributed by atoms with E-state index in [1.807, 2.05) is 38.1 Å². The molecule has 134 valence electrons. The zero-order chi connectivity index (χ0) is 18.8. The standard InChI is InChI=1S/C15H18N2O2.C2H2O4/c1-11-6-12(2)8-13(7-11)17-15(18)10-16-9-14-4-3-5-19-14;3-1(4)2(5)6/h3-8,16H,9-10H2,1-2H3,(H,17,18);(H,3,4)(H,5,6). The summed E-state index contributed by atoms with van der Waals surface area (Å²) in [5.74, 6) is -2.89. The van der Waals surface area contributed by atoms with Crippen LogP contribution in [0.1, 0.15) is 16.9 Å². The van der Waals surface area contributed by atoms with Gasteiger partial charge in [0.2, 0.25) is 5.91 Å². The smallest absolute Gasteiger partial charge is 0.414 e. The van der Waals surface area contributed by atoms with Gasteiger partial charge in [0.15, 0.2) is 0 Å². The third kappa shape index (κ3) is 8.33. The molecule has 0 fully saturated rings. The molecule has 0 saturated heterocycles. The monoisotopic (exact) mass is 348 g/mol. The average molecular weight is 348 g/mol. The first-order chi connectivity index (χ1) is 11.8. The summed E-state index contributed by atoms with van der Waals surface area (Å²) in [6, 6.07) is 9.68. The Hall–Kier alpha value is -3.13. The molecule has 1 amide bonds. The minimum atomic E-state index is -1.82. The Balaban J connectivity index is 0.000000450. The lowest BCUT2D eigenvalue weighted by atomic mass is 10.1. The third-order valence-corrected chi connectivity index (χ3v) is 2.85. The number of hydrogen-bond acceptors (Lipinski definition) is 5. The summed E-state index contributed by atoms with van der Waals surface area (Å²) in [4.78, 5) is 30.0. The molecule has 0 atom stereocenters. The summed E-state index contributed by atoms with van der Waals surface area (Å²) in [5, 5.41) is 20.7. The van der Waals surface area contributed by atoms with E-state index in [4.69, 9.17) is 24.2 Å². The van der Waals surface area contributed by atoms with Crippen molar-refractivity contribution in [1.82, 2.24) is 5.32 Å². The maximum atomic E-state index is 11.8. The molecule has 0 saturated carbocycles. The summed E-state index contributed by atoms with van der Waals surface area (Å²) < 4.78 is 5.17. The SMILES string of the molecule is Cc1cc(C)cc(NC(=O)CNCc2ccco2)c1.O=C(O)C(=O)O. The molecule has 2 rings (SSSR count). The van der Waals surface area contributed by atoms with Gasteiger partial charge in [-0.3, -0.25) is 4.79 Å². The first kappa shape index (κ1) is 19.9. The Morgan fingerprint density at radius 1 is 1.04 bits per heavy atom. The van der Waals surface area contributed by atoms with E-state index >= 15 is 0 Å². The molecule has 1 aromatic carbocycles. The molecule has 0 aliphatic rings. The molecule has 1 heterocycles. The van der Waals surface area contributed by atoms with Crippen LogP contribution in [0.2, 0.25) is 0 Å². The van der Waals surface area contributed by atoms with Gasteiger partial charge in [-0.05, 0) is 49.2 Å². The minimum absolute atomic E-state index is 0.0587. The number of amides is 1. The molecule has 1 aromatic heterocycles. The number of furan rings is 1. The van der Waals surface area contributed by atoms with Crippen LogP contribution in [0.15, 0.2) is 41.0 Å². The van der Waals surface area contributed by atoms with E-state index in [0.717, 1.165) is 22.6 Å². The first-order valence-electron chi connectivity index (χ1n) is 7.35. The van der Waals surface area contributed by atoms with E-state index in [-0.39, 0.29) is 12.5 Å². The molecular weight excluding hydrogens is 328 g/mol. The second-order valence-corrected chi connectivity index (χ2v) is 5.22. The summed E-state index contributed by atoms with van der Waals surface area (Å²) in [5.41, 5.74) is 3.11. The van der Waals surface area contributed by atoms with E-state index < -0.39 is 11.9 Å². The van der Waals surface area contributed by atoms with Crippen molar-refractivity contribution in [3.8, 4) is 0 Å². The Morgan fingerprint density at radius 3 is 2.12 bits per heavy atom. The van der Waals surface area contributed by atoms with Crippen LogP contribution in [-0.4, -0.2) is 34.6 Å². The van der Waals surface area contributed by atoms with Crippen molar-refractivity contribution in [3.05, 3.63) is 53.5 Å². The lowest BCUT2D eigenvalue weighted by Gasteiger charge is -2.08. The maximum Gasteiger partial charge on any atom is 0.414 e. The van der Waals surface area contributed by atoms with Gasteiger partial charge in [-0.2, -0.15) is 0 Å². The number of nitrogens with one attached hydrogen (secondary N) is 2. The van der Waals surface area contributed by atoms with Gasteiger partial charge in [0.25, 0.3) is 0 Å². The molecule has 0 radical (unpaired) electrons. The Kier molecular flexibility index (Phi) is 7.88. The lowest BCUT2D eigenvalue weighted by Crippen LogP contribution is -2.27. The van der Waals surface area contributed by atoms with Crippen LogP contribution in [0, 0.1) is 13.8 Å². The van der Waals surface area contributed by atoms with Gasteiger partial charge in [0.1, 0.15) is 5.76 Å². The second-order valence-electron chi connectivity index (χ2n) is 5.22. The number of carbonyl (C=O) groups excluding carboxylic acids is 1. The molecule has 0 aliphatic heterocycles. The maximum absolute atomic E-state index is 11.8. The molecular formula is C17H20N2O6. The quantitative estimate of drug-likeness (QED) is 0.606. The van der Waals surface area contributed by atoms with Gasteiger partial charge >= 0.3 is 11.9 Å². The Morgan fingerprint density at radius 2 is 1.64 bits per heavy atom. The van der Waals surface area contributed by atoms with Gasteiger partial charge in [0.05, 0.1) is 19.4 Å². The number of aryl methyl sites for hydroxylation is 2. The topological polar surface area (TPSA) is 129 Å². The normalized spacial score (nSPS) is 9.68. The number of benzene rings is 1. The van der Waals surface area contributed by atoms with E-state index in [1.165, 1.54) is 0 Å². The Bertz CT molecular complexity index is 692. The third-order valence-electron chi connectivity index (χ3n) is 2.85. The summed E-state index contributed by atoms with van der Waals surface area (Å²) in [7, 11) is 0. The summed E-state index contributed by atoms with van der Waals surface area (Å²) in [6.45, 7) is 4.83. The molecule has 4 N–H and O–H groups in total. The summed E-state index contributed by atoms with van der Waals surface area (Å²) >= 11 is 0. The van der Waals surface area contributed by atoms with Crippen LogP contribution in [0.5, 0.6) is 0 Å². The highest BCUT2D eigenvalue weighted by Crippen LogP contribution is 2.13. The fourth-order valence-electron chi connectivity index (χ4n) is 1.96. The van der Waals surface area contributed by atoms with Crippen molar-refractivity contribution in [2.45, 2.75) is 20.4 Å². The number of hydrogen-bond donors (Lipinski definition) is 4. The van der Waals surface area contributed by atoms with Gasteiger partial charge in [0, 0.05) is 5.69 Å². The molecule has 0 aliphatic carbocycles. The van der Waals surface area contributed by atoms with Crippen LogP contribution >= 0.6 is 0 Å². The van der Waals surface area contributed by atoms with Crippen LogP contribution < -0.4 is 10.6 Å². The zero-order valence-corrected chi connectivity index (χ0v) is 13.9. The Labute approximate surface area is 144 Å². The average Bonchev–Trinajstić information content (AvgIpc) is 2.99. The van der Waals surface area contributed by atoms with Crippen LogP contribution in [0.4, 0.5) is 5.69 Å². The van der Waals surface area contributed by atoms with Crippen molar-refractivity contribution < 1.29 is 29.0 Å². The summed E-state index contributed by atoms with van der Waals surface area (Å²) in [6.07, 6.45) is 1.62. The van der Waals surface area contributed by atoms with Crippen molar-refractivity contribution in [3.63, 3.8) is 0 Å². The van der Waals surface area contributed by atoms with Crippen LogP contribution in [0.3, 0.4) is 0 Å². The lowest BCUT2D eigenvalue weighted by molar-refractivity contribution is -0.159. The van der Waals surface area contributed by atoms with Crippen molar-refractivity contribution in [1.29, 1.82) is 0 Å². The highest BCUT2D eigenvalue weighted by Gasteiger charge is 2.04. The molecule has 0 unspecified atom stereocenters. The highest BCUT2D eigenvalue weighted by molar-refractivity contribution is 6.27. The van der Waals surface area contributed by atoms with Gasteiger partial charge in [-0.1, -0.05) is 6.07 Å². The van der Waals surface area contributed by atoms with Crippen LogP contribution in [-0.2, 0) is 20.9 Å². The molecule has 8 nitrogen and oxygen atoms in total. The van der Waals surface area contributed by atoms with E-state index in [9.17, 15) is 4.79 Å². The number of rotatable bonds is 5. The number of anilines is 1. The predicted octanol–water partition coefficient (Wildman–Crippen LogP) is 1.78. The van der Waals surface area contributed by atoms with Crippen molar-refractivity contribution >= 4 is 23.5 Å². The van der Waals surface area contributed by atoms with E-state index in [1.54, 1.807) is 6.26 Å². The van der Waals surface area contributed by atoms with Gasteiger partial charge in [-0.15, -0.1) is 0 Å². The number of carbonyl (C=O) groups is 3.